The van der Waals surface area contributed by atoms with E-state index in [2.05, 4.69) is 5.10 Å². The van der Waals surface area contributed by atoms with Crippen LogP contribution in [0.5, 0.6) is 11.5 Å². The molecule has 0 saturated carbocycles. The zero-order valence-corrected chi connectivity index (χ0v) is 15.7. The van der Waals surface area contributed by atoms with Crippen molar-refractivity contribution in [2.24, 2.45) is 5.10 Å². The molecule has 0 bridgehead atoms. The molecule has 7 heteroatoms. The quantitative estimate of drug-likeness (QED) is 0.658. The van der Waals surface area contributed by atoms with Gasteiger partial charge < -0.3 is 13.9 Å². The van der Waals surface area contributed by atoms with E-state index in [9.17, 15) is 4.79 Å². The highest BCUT2D eigenvalue weighted by Crippen LogP contribution is 2.38. The van der Waals surface area contributed by atoms with E-state index in [0.717, 1.165) is 16.2 Å². The molecular weight excluding hydrogens is 364 g/mol. The smallest absolute Gasteiger partial charge is 0.310 e. The first-order valence-corrected chi connectivity index (χ1v) is 9.29. The fourth-order valence-electron chi connectivity index (χ4n) is 3.11. The number of hydrogen-bond donors (Lipinski definition) is 0. The van der Waals surface area contributed by atoms with Crippen LogP contribution >= 0.6 is 11.3 Å². The number of nitrogens with zero attached hydrogens (tertiary/aromatic N) is 2. The van der Waals surface area contributed by atoms with Crippen molar-refractivity contribution in [1.82, 2.24) is 5.01 Å². The first kappa shape index (κ1) is 17.4. The van der Waals surface area contributed by atoms with Crippen LogP contribution in [0, 0.1) is 0 Å². The van der Waals surface area contributed by atoms with Gasteiger partial charge in [0.2, 0.25) is 0 Å². The fraction of sp³-hybridized carbons (Fsp3) is 0.200. The maximum atomic E-state index is 12.9. The van der Waals surface area contributed by atoms with E-state index in [4.69, 9.17) is 13.9 Å². The summed E-state index contributed by atoms with van der Waals surface area (Å²) in [6, 6.07) is 12.7. The highest BCUT2D eigenvalue weighted by Gasteiger charge is 2.36. The first-order valence-electron chi connectivity index (χ1n) is 8.41. The molecule has 0 spiro atoms. The summed E-state index contributed by atoms with van der Waals surface area (Å²) in [4.78, 5) is 14.0. The highest BCUT2D eigenvalue weighted by atomic mass is 32.1. The molecule has 1 aromatic carbocycles. The summed E-state index contributed by atoms with van der Waals surface area (Å²) in [6.07, 6.45) is 2.08. The van der Waals surface area contributed by atoms with Crippen molar-refractivity contribution >= 4 is 23.0 Å². The van der Waals surface area contributed by atoms with Crippen molar-refractivity contribution in [3.8, 4) is 11.5 Å². The van der Waals surface area contributed by atoms with Gasteiger partial charge in [-0.3, -0.25) is 4.79 Å². The molecule has 1 atom stereocenters. The van der Waals surface area contributed by atoms with Crippen LogP contribution < -0.4 is 9.47 Å². The predicted octanol–water partition coefficient (Wildman–Crippen LogP) is 4.35. The van der Waals surface area contributed by atoms with E-state index in [1.165, 1.54) is 11.3 Å². The van der Waals surface area contributed by atoms with Gasteiger partial charge in [-0.2, -0.15) is 5.10 Å². The van der Waals surface area contributed by atoms with Gasteiger partial charge in [-0.05, 0) is 35.7 Å². The summed E-state index contributed by atoms with van der Waals surface area (Å²) in [7, 11) is 3.22. The van der Waals surface area contributed by atoms with Gasteiger partial charge >= 0.3 is 5.91 Å². The van der Waals surface area contributed by atoms with Crippen molar-refractivity contribution in [2.75, 3.05) is 14.2 Å². The van der Waals surface area contributed by atoms with Crippen LogP contribution in [0.3, 0.4) is 0 Å². The summed E-state index contributed by atoms with van der Waals surface area (Å²) in [5.41, 5.74) is 1.63. The van der Waals surface area contributed by atoms with E-state index in [1.54, 1.807) is 37.7 Å². The van der Waals surface area contributed by atoms with Crippen LogP contribution in [-0.4, -0.2) is 30.8 Å². The molecule has 3 aromatic rings. The van der Waals surface area contributed by atoms with Crippen molar-refractivity contribution in [1.29, 1.82) is 0 Å². The Labute approximate surface area is 160 Å². The van der Waals surface area contributed by atoms with Crippen molar-refractivity contribution in [3.05, 3.63) is 70.3 Å². The topological polar surface area (TPSA) is 64.3 Å². The van der Waals surface area contributed by atoms with E-state index in [1.807, 2.05) is 35.7 Å². The number of methoxy groups -OCH3 is 2. The summed E-state index contributed by atoms with van der Waals surface area (Å²) in [5, 5.41) is 8.14. The van der Waals surface area contributed by atoms with Gasteiger partial charge in [-0.15, -0.1) is 11.3 Å². The molecule has 0 fully saturated rings. The highest BCUT2D eigenvalue weighted by molar-refractivity contribution is 7.10. The molecule has 6 nitrogen and oxygen atoms in total. The monoisotopic (exact) mass is 382 g/mol. The van der Waals surface area contributed by atoms with Crippen LogP contribution in [0.4, 0.5) is 0 Å². The third kappa shape index (κ3) is 3.21. The maximum absolute atomic E-state index is 12.9. The van der Waals surface area contributed by atoms with Crippen molar-refractivity contribution < 1.29 is 18.7 Å². The van der Waals surface area contributed by atoms with Crippen LogP contribution in [0.1, 0.15) is 33.5 Å². The average Bonchev–Trinajstić information content (AvgIpc) is 3.47. The number of amides is 1. The number of thiophene rings is 1. The van der Waals surface area contributed by atoms with Crippen LogP contribution in [0.25, 0.3) is 0 Å². The summed E-state index contributed by atoms with van der Waals surface area (Å²) in [6.45, 7) is 0. The van der Waals surface area contributed by atoms with Crippen LogP contribution in [0.2, 0.25) is 0 Å². The van der Waals surface area contributed by atoms with Gasteiger partial charge in [0.1, 0.15) is 11.5 Å². The second kappa shape index (κ2) is 7.28. The van der Waals surface area contributed by atoms with Gasteiger partial charge in [0.15, 0.2) is 5.76 Å². The summed E-state index contributed by atoms with van der Waals surface area (Å²) in [5.74, 6) is 1.36. The molecule has 1 amide bonds. The lowest BCUT2D eigenvalue weighted by molar-refractivity contribution is 0.0681. The number of hydrazone groups is 1. The Morgan fingerprint density at radius 1 is 1.22 bits per heavy atom. The lowest BCUT2D eigenvalue weighted by Crippen LogP contribution is -2.26. The molecule has 1 unspecified atom stereocenters. The molecule has 3 heterocycles. The lowest BCUT2D eigenvalue weighted by atomic mass is 10.0. The minimum atomic E-state index is -0.263. The zero-order valence-electron chi connectivity index (χ0n) is 14.9. The van der Waals surface area contributed by atoms with Gasteiger partial charge in [0.05, 0.1) is 32.2 Å². The molecule has 1 aliphatic heterocycles. The van der Waals surface area contributed by atoms with E-state index < -0.39 is 0 Å². The Hall–Kier alpha value is -3.06. The Bertz CT molecular complexity index is 964. The van der Waals surface area contributed by atoms with E-state index in [-0.39, 0.29) is 17.7 Å². The van der Waals surface area contributed by atoms with Crippen molar-refractivity contribution in [3.63, 3.8) is 0 Å². The Balaban J connectivity index is 1.74. The second-order valence-electron chi connectivity index (χ2n) is 5.98. The molecule has 1 aliphatic rings. The molecule has 0 aliphatic carbocycles. The first-order chi connectivity index (χ1) is 13.2. The molecule has 2 aromatic heterocycles. The Morgan fingerprint density at radius 2 is 2.11 bits per heavy atom. The molecule has 0 saturated heterocycles. The molecule has 27 heavy (non-hydrogen) atoms. The van der Waals surface area contributed by atoms with Gasteiger partial charge in [-0.25, -0.2) is 5.01 Å². The largest absolute Gasteiger partial charge is 0.497 e. The second-order valence-corrected chi connectivity index (χ2v) is 6.95. The number of rotatable bonds is 5. The van der Waals surface area contributed by atoms with E-state index >= 15 is 0 Å². The van der Waals surface area contributed by atoms with Crippen LogP contribution in [-0.2, 0) is 0 Å². The molecular formula is C20H18N2O4S. The van der Waals surface area contributed by atoms with E-state index in [0.29, 0.717) is 17.9 Å². The Kier molecular flexibility index (Phi) is 4.68. The van der Waals surface area contributed by atoms with Gasteiger partial charge in [0, 0.05) is 22.9 Å². The standard InChI is InChI=1S/C20H18N2O4S/c1-24-13-7-8-14(18(11-13)25-2)15-12-16(19-6-4-10-27-19)22(21-15)20(23)17-5-3-9-26-17/h3-11,16H,12H2,1-2H3. The average molecular weight is 382 g/mol. The number of hydrogen-bond acceptors (Lipinski definition) is 6. The van der Waals surface area contributed by atoms with Gasteiger partial charge in [0.25, 0.3) is 0 Å². The maximum Gasteiger partial charge on any atom is 0.310 e. The predicted molar refractivity (Wildman–Crippen MR) is 103 cm³/mol. The summed E-state index contributed by atoms with van der Waals surface area (Å²) >= 11 is 1.60. The van der Waals surface area contributed by atoms with Gasteiger partial charge in [-0.1, -0.05) is 6.07 Å². The third-order valence-corrected chi connectivity index (χ3v) is 5.42. The molecule has 4 rings (SSSR count). The lowest BCUT2D eigenvalue weighted by Gasteiger charge is -2.19. The summed E-state index contributed by atoms with van der Waals surface area (Å²) < 4.78 is 16.1. The number of furan rings is 1. The molecule has 138 valence electrons. The number of ether oxygens (including phenoxy) is 2. The number of carbonyl (C=O) groups is 1. The fourth-order valence-corrected chi connectivity index (χ4v) is 3.92. The normalized spacial score (nSPS) is 16.3. The SMILES string of the molecule is COc1ccc(C2=NN(C(=O)c3ccco3)C(c3cccs3)C2)c(OC)c1. The van der Waals surface area contributed by atoms with Crippen molar-refractivity contribution in [2.45, 2.75) is 12.5 Å². The molecule has 0 radical (unpaired) electrons. The number of carbonyl (C=O) groups excluding carboxylic acids is 1. The third-order valence-electron chi connectivity index (χ3n) is 4.44. The minimum Gasteiger partial charge on any atom is -0.497 e. The van der Waals surface area contributed by atoms with Crippen LogP contribution in [0.15, 0.2) is 63.6 Å². The molecule has 0 N–H and O–H groups in total. The Morgan fingerprint density at radius 3 is 2.78 bits per heavy atom. The zero-order chi connectivity index (χ0) is 18.8. The number of benzene rings is 1. The minimum absolute atomic E-state index is 0.176.